The molecular formula is C26H33N5O2S. The zero-order valence-corrected chi connectivity index (χ0v) is 21.1. The maximum Gasteiger partial charge on any atom is 0.239 e. The minimum Gasteiger partial charge on any atom is -0.456 e. The Morgan fingerprint density at radius 1 is 1.18 bits per heavy atom. The smallest absolute Gasteiger partial charge is 0.239 e. The fourth-order valence-corrected chi connectivity index (χ4v) is 4.68. The number of anilines is 1. The van der Waals surface area contributed by atoms with Crippen molar-refractivity contribution in [2.75, 3.05) is 32.5 Å². The maximum absolute atomic E-state index is 12.8. The monoisotopic (exact) mass is 479 g/mol. The molecule has 3 N–H and O–H groups in total. The first kappa shape index (κ1) is 24.4. The van der Waals surface area contributed by atoms with E-state index in [1.54, 1.807) is 0 Å². The summed E-state index contributed by atoms with van der Waals surface area (Å²) in [6, 6.07) is 14.2. The van der Waals surface area contributed by atoms with Gasteiger partial charge in [-0.3, -0.25) is 4.79 Å². The summed E-state index contributed by atoms with van der Waals surface area (Å²) < 4.78 is 9.43. The largest absolute Gasteiger partial charge is 0.456 e. The predicted molar refractivity (Wildman–Crippen MR) is 139 cm³/mol. The van der Waals surface area contributed by atoms with E-state index >= 15 is 0 Å². The number of benzene rings is 2. The van der Waals surface area contributed by atoms with Crippen LogP contribution in [0.25, 0.3) is 21.9 Å². The first-order valence-electron chi connectivity index (χ1n) is 11.8. The van der Waals surface area contributed by atoms with Gasteiger partial charge in [0.05, 0.1) is 12.1 Å². The van der Waals surface area contributed by atoms with Crippen LogP contribution in [-0.2, 0) is 4.79 Å². The van der Waals surface area contributed by atoms with E-state index in [-0.39, 0.29) is 11.9 Å². The molecule has 1 saturated carbocycles. The Balaban J connectivity index is 1.47. The number of rotatable bonds is 11. The van der Waals surface area contributed by atoms with E-state index in [0.717, 1.165) is 58.5 Å². The van der Waals surface area contributed by atoms with Crippen LogP contribution in [0, 0.1) is 17.2 Å². The molecule has 1 amide bonds. The molecule has 4 rings (SSSR count). The van der Waals surface area contributed by atoms with Crippen LogP contribution in [0.3, 0.4) is 0 Å². The summed E-state index contributed by atoms with van der Waals surface area (Å²) in [6.45, 7) is 6.01. The fourth-order valence-electron chi connectivity index (χ4n) is 3.89. The first-order chi connectivity index (χ1) is 16.3. The molecule has 1 aromatic heterocycles. The van der Waals surface area contributed by atoms with E-state index in [4.69, 9.17) is 4.42 Å². The van der Waals surface area contributed by atoms with Crippen LogP contribution in [0.5, 0.6) is 0 Å². The Morgan fingerprint density at radius 2 is 1.97 bits per heavy atom. The van der Waals surface area contributed by atoms with E-state index in [0.29, 0.717) is 12.3 Å². The normalized spacial score (nSPS) is 15.6. The zero-order valence-electron chi connectivity index (χ0n) is 20.3. The lowest BCUT2D eigenvalue weighted by atomic mass is 10.0. The number of carbonyl (C=O) groups is 1. The number of hydrogen-bond donors (Lipinski definition) is 3. The first-order valence-corrected chi connectivity index (χ1v) is 12.6. The molecule has 1 heterocycles. The van der Waals surface area contributed by atoms with Gasteiger partial charge in [-0.05, 0) is 81.6 Å². The van der Waals surface area contributed by atoms with Crippen LogP contribution < -0.4 is 15.4 Å². The van der Waals surface area contributed by atoms with Gasteiger partial charge >= 0.3 is 0 Å². The van der Waals surface area contributed by atoms with Crippen molar-refractivity contribution < 1.29 is 9.21 Å². The van der Waals surface area contributed by atoms with Crippen LogP contribution in [0.2, 0.25) is 0 Å². The van der Waals surface area contributed by atoms with E-state index in [1.165, 1.54) is 11.9 Å². The highest BCUT2D eigenvalue weighted by Gasteiger charge is 2.45. The number of nitrogens with one attached hydrogen (secondary N) is 3. The molecule has 0 spiro atoms. The molecule has 7 nitrogen and oxygen atoms in total. The highest BCUT2D eigenvalue weighted by Crippen LogP contribution is 2.35. The van der Waals surface area contributed by atoms with Crippen LogP contribution in [0.4, 0.5) is 5.69 Å². The minimum atomic E-state index is -0.659. The van der Waals surface area contributed by atoms with Crippen molar-refractivity contribution in [3.63, 3.8) is 0 Å². The molecule has 0 saturated heterocycles. The van der Waals surface area contributed by atoms with E-state index in [1.807, 2.05) is 18.2 Å². The second kappa shape index (κ2) is 10.3. The molecule has 180 valence electrons. The molecule has 0 radical (unpaired) electrons. The summed E-state index contributed by atoms with van der Waals surface area (Å²) in [5.74, 6) is 0.242. The molecule has 3 aromatic rings. The summed E-state index contributed by atoms with van der Waals surface area (Å²) in [7, 11) is 4.11. The average molecular weight is 480 g/mol. The standard InChI is InChI=1S/C26H33N5O2S/c1-17(2)13-22(25(32)29-26(16-27)9-10-26)30-34-19-6-8-23-21(15-19)20-7-5-18(14-24(20)33-23)28-11-12-31(3)4/h5-8,14-15,17,22,28,30H,9-13H2,1-4H3,(H,29,32). The number of amides is 1. The van der Waals surface area contributed by atoms with Crippen LogP contribution in [0.1, 0.15) is 33.1 Å². The molecule has 1 atom stereocenters. The van der Waals surface area contributed by atoms with Crippen molar-refractivity contribution in [3.8, 4) is 6.07 Å². The van der Waals surface area contributed by atoms with E-state index in [2.05, 4.69) is 72.5 Å². The summed E-state index contributed by atoms with van der Waals surface area (Å²) in [6.07, 6.45) is 2.16. The number of nitriles is 1. The van der Waals surface area contributed by atoms with Gasteiger partial charge in [0.15, 0.2) is 0 Å². The van der Waals surface area contributed by atoms with Crippen molar-refractivity contribution in [1.29, 1.82) is 5.26 Å². The van der Waals surface area contributed by atoms with Gasteiger partial charge in [0.2, 0.25) is 5.91 Å². The molecule has 1 aliphatic carbocycles. The second-order valence-electron chi connectivity index (χ2n) is 9.79. The van der Waals surface area contributed by atoms with Gasteiger partial charge in [0.1, 0.15) is 16.7 Å². The van der Waals surface area contributed by atoms with E-state index in [9.17, 15) is 10.1 Å². The third kappa shape index (κ3) is 5.84. The average Bonchev–Trinajstić information content (AvgIpc) is 3.47. The quantitative estimate of drug-likeness (QED) is 0.342. The van der Waals surface area contributed by atoms with Gasteiger partial charge in [-0.15, -0.1) is 0 Å². The topological polar surface area (TPSA) is 93.3 Å². The SMILES string of the molecule is CC(C)CC(NSc1ccc2oc3cc(NCCN(C)C)ccc3c2c1)C(=O)NC1(C#N)CC1. The van der Waals surface area contributed by atoms with Crippen LogP contribution in [-0.4, -0.2) is 49.6 Å². The van der Waals surface area contributed by atoms with Crippen molar-refractivity contribution in [2.45, 2.75) is 49.6 Å². The lowest BCUT2D eigenvalue weighted by molar-refractivity contribution is -0.123. The number of carbonyl (C=O) groups excluding carboxylic acids is 1. The zero-order chi connectivity index (χ0) is 24.3. The molecule has 1 unspecified atom stereocenters. The molecule has 0 bridgehead atoms. The number of furan rings is 1. The van der Waals surface area contributed by atoms with Gasteiger partial charge in [-0.2, -0.15) is 5.26 Å². The molecule has 2 aromatic carbocycles. The maximum atomic E-state index is 12.8. The number of hydrogen-bond acceptors (Lipinski definition) is 7. The molecular weight excluding hydrogens is 446 g/mol. The Labute approximate surface area is 205 Å². The van der Waals surface area contributed by atoms with Gasteiger partial charge in [0, 0.05) is 40.5 Å². The highest BCUT2D eigenvalue weighted by atomic mass is 32.2. The summed E-state index contributed by atoms with van der Waals surface area (Å²) in [5, 5.41) is 17.8. The Kier molecular flexibility index (Phi) is 7.36. The number of likely N-dealkylation sites (N-methyl/N-ethyl adjacent to an activating group) is 1. The third-order valence-corrected chi connectivity index (χ3v) is 6.89. The van der Waals surface area contributed by atoms with Gasteiger partial charge in [-0.25, -0.2) is 4.72 Å². The number of nitrogens with zero attached hydrogens (tertiary/aromatic N) is 2. The van der Waals surface area contributed by atoms with Crippen molar-refractivity contribution in [3.05, 3.63) is 36.4 Å². The predicted octanol–water partition coefficient (Wildman–Crippen LogP) is 4.74. The molecule has 1 fully saturated rings. The van der Waals surface area contributed by atoms with Crippen LogP contribution in [0.15, 0.2) is 45.7 Å². The molecule has 34 heavy (non-hydrogen) atoms. The van der Waals surface area contributed by atoms with Gasteiger partial charge < -0.3 is 20.0 Å². The third-order valence-electron chi connectivity index (χ3n) is 6.00. The van der Waals surface area contributed by atoms with Crippen molar-refractivity contribution in [2.24, 2.45) is 5.92 Å². The van der Waals surface area contributed by atoms with Crippen LogP contribution >= 0.6 is 11.9 Å². The summed E-state index contributed by atoms with van der Waals surface area (Å²) >= 11 is 1.44. The number of fused-ring (bicyclic) bond motifs is 3. The summed E-state index contributed by atoms with van der Waals surface area (Å²) in [5.41, 5.74) is 2.07. The molecule has 0 aliphatic heterocycles. The Bertz CT molecular complexity index is 1210. The van der Waals surface area contributed by atoms with Gasteiger partial charge in [-0.1, -0.05) is 13.8 Å². The Morgan fingerprint density at radius 3 is 2.65 bits per heavy atom. The van der Waals surface area contributed by atoms with Gasteiger partial charge in [0.25, 0.3) is 0 Å². The molecule has 1 aliphatic rings. The lowest BCUT2D eigenvalue weighted by Gasteiger charge is -2.21. The Hall–Kier alpha value is -2.73. The summed E-state index contributed by atoms with van der Waals surface area (Å²) in [4.78, 5) is 16.0. The van der Waals surface area contributed by atoms with E-state index < -0.39 is 5.54 Å². The fraction of sp³-hybridized carbons (Fsp3) is 0.462. The lowest BCUT2D eigenvalue weighted by Crippen LogP contribution is -2.47. The second-order valence-corrected chi connectivity index (χ2v) is 10.7. The minimum absolute atomic E-state index is 0.107. The van der Waals surface area contributed by atoms with Crippen molar-refractivity contribution in [1.82, 2.24) is 14.9 Å². The highest BCUT2D eigenvalue weighted by molar-refractivity contribution is 7.97. The van der Waals surface area contributed by atoms with Crippen molar-refractivity contribution >= 4 is 45.5 Å². The molecule has 8 heteroatoms.